The van der Waals surface area contributed by atoms with Crippen LogP contribution in [-0.2, 0) is 231 Å². The molecule has 0 unspecified atom stereocenters. The predicted octanol–water partition coefficient (Wildman–Crippen LogP) is -0.575. The SMILES string of the molecule is CC(=O)OC[C@H]1O[C@@H](SCCOCCOCCOCCOCCOCc2cn(C[C@H]3O[C@H](O[C@H]4O[C@H](Cn5nncc5COCCOCCOCCOCCOCCS[C@@H]5O[C@H](COC(C)=O)[C@H](OC(C)=O)[C@H](OC(C)=O)[C@H]5OC(C)=O)[C@@H](OC(C)=O)[C@H](OC(C)=O)[C@H]4OC(C)=O)[C@H](OC(C)=O)[C@@H](OC(C)=O)[C@@H]3OC(C)=O)nn2)[C@H](OC(C)=O)[C@@H](OC(C)=O)[C@H]1OC(C)=O. The number of esters is 14. The molecule has 2 aromatic heterocycles. The molecule has 20 atom stereocenters. The molecular formula is C78H116N6O43S2. The molecule has 4 saturated heterocycles. The van der Waals surface area contributed by atoms with Gasteiger partial charge in [-0.25, -0.2) is 9.36 Å². The van der Waals surface area contributed by atoms with Crippen molar-refractivity contribution >= 4 is 107 Å². The van der Waals surface area contributed by atoms with Crippen LogP contribution in [0.15, 0.2) is 12.4 Å². The minimum absolute atomic E-state index is 0.0680. The highest BCUT2D eigenvalue weighted by Crippen LogP contribution is 2.39. The van der Waals surface area contributed by atoms with E-state index in [1.54, 1.807) is 0 Å². The lowest BCUT2D eigenvalue weighted by atomic mass is 9.96. The van der Waals surface area contributed by atoms with E-state index in [2.05, 4.69) is 20.6 Å². The minimum atomic E-state index is -1.92. The molecule has 0 bridgehead atoms. The fourth-order valence-electron chi connectivity index (χ4n) is 13.0. The molecule has 6 rings (SSSR count). The maximum absolute atomic E-state index is 13.0. The van der Waals surface area contributed by atoms with Crippen molar-refractivity contribution in [1.82, 2.24) is 30.0 Å². The standard InChI is InChI=1S/C78H116N6O43S2/c1-43(85)109-41-61-65(113-47(5)89)69(117-51(9)93)73(121-55(13)97)77(125-61)128-33-31-105-25-23-101-17-15-99-19-21-103-27-29-107-39-57-36-83(82-80-57)37-59-63(111-45(3)87)67(115-49(7)91)71(119-53(11)95)75(123-59)127-76-72(120-54(12)96)68(116-50(8)92)64(112-46(4)88)60(124-76)38-84-58(35-79-81-84)40-108-30-28-104-22-20-100-16-18-102-24-26-106-32-34-129-78-74(122-56(14)98)70(118-52(10)94)66(114-48(6)90)62(126-78)42-110-44(2)86/h35-36,59-78H,15-34,37-42H2,1-14H3/t59-,60-,61-,62-,63-,64-,65+,66+,67+,68+,69+,70+,71-,72-,73-,74-,75-,76-,77+,78+/m1/s1. The van der Waals surface area contributed by atoms with Gasteiger partial charge in [-0.1, -0.05) is 10.4 Å². The van der Waals surface area contributed by atoms with Crippen LogP contribution in [0, 0.1) is 0 Å². The van der Waals surface area contributed by atoms with Gasteiger partial charge in [0.2, 0.25) is 12.6 Å². The highest BCUT2D eigenvalue weighted by molar-refractivity contribution is 8.00. The van der Waals surface area contributed by atoms with Crippen molar-refractivity contribution in [2.45, 2.75) is 244 Å². The normalized spacial score (nSPS) is 25.4. The highest BCUT2D eigenvalue weighted by Gasteiger charge is 2.59. The van der Waals surface area contributed by atoms with Crippen molar-refractivity contribution in [3.8, 4) is 0 Å². The molecule has 0 N–H and O–H groups in total. The van der Waals surface area contributed by atoms with Crippen molar-refractivity contribution < 1.29 is 204 Å². The van der Waals surface area contributed by atoms with E-state index in [4.69, 9.17) is 137 Å². The molecule has 0 aromatic carbocycles. The third-order valence-corrected chi connectivity index (χ3v) is 19.9. The van der Waals surface area contributed by atoms with Gasteiger partial charge < -0.3 is 137 Å². The van der Waals surface area contributed by atoms with E-state index >= 15 is 0 Å². The zero-order chi connectivity index (χ0) is 94.5. The molecule has 0 saturated carbocycles. The lowest BCUT2D eigenvalue weighted by Gasteiger charge is -2.48. The second-order valence-electron chi connectivity index (χ2n) is 28.4. The maximum Gasteiger partial charge on any atom is 0.303 e. The van der Waals surface area contributed by atoms with Crippen molar-refractivity contribution in [2.24, 2.45) is 0 Å². The first-order chi connectivity index (χ1) is 61.6. The van der Waals surface area contributed by atoms with Crippen LogP contribution >= 0.6 is 23.5 Å². The van der Waals surface area contributed by atoms with Crippen LogP contribution in [-0.4, -0.2) is 378 Å². The number of hydrogen-bond donors (Lipinski definition) is 0. The van der Waals surface area contributed by atoms with E-state index in [0.29, 0.717) is 22.9 Å². The zero-order valence-corrected chi connectivity index (χ0v) is 75.8. The highest BCUT2D eigenvalue weighted by atomic mass is 32.2. The van der Waals surface area contributed by atoms with Gasteiger partial charge in [-0.3, -0.25) is 67.1 Å². The summed E-state index contributed by atoms with van der Waals surface area (Å²) in [5, 5.41) is 16.6. The molecule has 4 fully saturated rings. The van der Waals surface area contributed by atoms with Gasteiger partial charge in [0.1, 0.15) is 54.2 Å². The maximum atomic E-state index is 13.0. The first-order valence-corrected chi connectivity index (χ1v) is 43.0. The fraction of sp³-hybridized carbons (Fsp3) is 0.769. The van der Waals surface area contributed by atoms with Crippen LogP contribution in [0.2, 0.25) is 0 Å². The van der Waals surface area contributed by atoms with E-state index in [1.165, 1.54) is 59.1 Å². The summed E-state index contributed by atoms with van der Waals surface area (Å²) < 4.78 is 169. The van der Waals surface area contributed by atoms with E-state index in [1.807, 2.05) is 0 Å². The largest absolute Gasteiger partial charge is 0.463 e. The van der Waals surface area contributed by atoms with E-state index in [-0.39, 0.29) is 158 Å². The van der Waals surface area contributed by atoms with Crippen molar-refractivity contribution in [2.75, 3.05) is 144 Å². The van der Waals surface area contributed by atoms with Crippen LogP contribution in [0.4, 0.5) is 0 Å². The van der Waals surface area contributed by atoms with Gasteiger partial charge in [0.25, 0.3) is 0 Å². The molecule has 0 radical (unpaired) electrons. The van der Waals surface area contributed by atoms with Gasteiger partial charge in [0.15, 0.2) is 73.2 Å². The molecule has 728 valence electrons. The molecule has 6 heterocycles. The molecule has 49 nitrogen and oxygen atoms in total. The predicted molar refractivity (Wildman–Crippen MR) is 426 cm³/mol. The summed E-state index contributed by atoms with van der Waals surface area (Å²) in [6.45, 7) is 17.3. The Morgan fingerprint density at radius 1 is 0.302 bits per heavy atom. The molecule has 129 heavy (non-hydrogen) atoms. The number of ether oxygens (including phenoxy) is 29. The van der Waals surface area contributed by atoms with Crippen molar-refractivity contribution in [3.63, 3.8) is 0 Å². The zero-order valence-electron chi connectivity index (χ0n) is 74.1. The number of carbonyl (C=O) groups is 14. The molecule has 51 heteroatoms. The molecule has 0 spiro atoms. The lowest BCUT2D eigenvalue weighted by Crippen LogP contribution is -2.66. The summed E-state index contributed by atoms with van der Waals surface area (Å²) in [5.41, 5.74) is -1.24. The average Bonchev–Trinajstić information content (AvgIpc) is 1.39. The van der Waals surface area contributed by atoms with E-state index in [9.17, 15) is 67.1 Å². The summed E-state index contributed by atoms with van der Waals surface area (Å²) in [6.07, 6.45) is -23.7. The number of nitrogens with zero attached hydrogens (tertiary/aromatic N) is 6. The molecule has 0 amide bonds. The van der Waals surface area contributed by atoms with Crippen molar-refractivity contribution in [1.29, 1.82) is 0 Å². The smallest absolute Gasteiger partial charge is 0.303 e. The monoisotopic (exact) mass is 1890 g/mol. The van der Waals surface area contributed by atoms with Gasteiger partial charge in [-0.2, -0.15) is 0 Å². The average molecular weight is 1890 g/mol. The summed E-state index contributed by atoms with van der Waals surface area (Å²) in [4.78, 5) is 174. The Morgan fingerprint density at radius 3 is 0.915 bits per heavy atom. The minimum Gasteiger partial charge on any atom is -0.463 e. The summed E-state index contributed by atoms with van der Waals surface area (Å²) >= 11 is 2.34. The summed E-state index contributed by atoms with van der Waals surface area (Å²) in [6, 6.07) is 0. The van der Waals surface area contributed by atoms with Gasteiger partial charge >= 0.3 is 83.6 Å². The van der Waals surface area contributed by atoms with Crippen LogP contribution in [0.5, 0.6) is 0 Å². The Hall–Kier alpha value is -9.04. The van der Waals surface area contributed by atoms with Crippen molar-refractivity contribution in [3.05, 3.63) is 23.8 Å². The quantitative estimate of drug-likeness (QED) is 0.0454. The number of aromatic nitrogens is 6. The topological polar surface area (TPSA) is 568 Å². The summed E-state index contributed by atoms with van der Waals surface area (Å²) in [5.74, 6) is -10.6. The number of carbonyl (C=O) groups excluding carboxylic acids is 14. The van der Waals surface area contributed by atoms with Crippen LogP contribution in [0.25, 0.3) is 0 Å². The van der Waals surface area contributed by atoms with Gasteiger partial charge in [0.05, 0.1) is 163 Å². The second kappa shape index (κ2) is 58.7. The Labute approximate surface area is 750 Å². The third-order valence-electron chi connectivity index (χ3n) is 17.7. The second-order valence-corrected chi connectivity index (χ2v) is 30.8. The van der Waals surface area contributed by atoms with Gasteiger partial charge in [-0.15, -0.1) is 33.7 Å². The van der Waals surface area contributed by atoms with Crippen LogP contribution in [0.3, 0.4) is 0 Å². The van der Waals surface area contributed by atoms with E-state index in [0.717, 1.165) is 83.1 Å². The van der Waals surface area contributed by atoms with Gasteiger partial charge in [0, 0.05) is 108 Å². The lowest BCUT2D eigenvalue weighted by molar-refractivity contribution is -0.376. The Bertz CT molecular complexity index is 3860. The first-order valence-electron chi connectivity index (χ1n) is 40.9. The molecule has 4 aliphatic rings. The number of rotatable bonds is 58. The third kappa shape index (κ3) is 40.7. The van der Waals surface area contributed by atoms with E-state index < -0.39 is 205 Å². The Morgan fingerprint density at radius 2 is 0.581 bits per heavy atom. The Balaban J connectivity index is 0.952. The van der Waals surface area contributed by atoms with Gasteiger partial charge in [-0.05, 0) is 0 Å². The first kappa shape index (κ1) is 109. The van der Waals surface area contributed by atoms with Crippen LogP contribution < -0.4 is 0 Å². The fourth-order valence-corrected chi connectivity index (χ4v) is 15.1. The number of thioether (sulfide) groups is 2. The summed E-state index contributed by atoms with van der Waals surface area (Å²) in [7, 11) is 0. The molecule has 4 aliphatic heterocycles. The molecular weight excluding hydrogens is 1770 g/mol. The number of hydrogen-bond acceptors (Lipinski definition) is 49. The Kier molecular flexibility index (Phi) is 49.4. The molecule has 0 aliphatic carbocycles. The molecule has 2 aromatic rings. The van der Waals surface area contributed by atoms with Crippen LogP contribution in [0.1, 0.15) is 108 Å².